The summed E-state index contributed by atoms with van der Waals surface area (Å²) in [6, 6.07) is -0.855. The van der Waals surface area contributed by atoms with E-state index in [0.717, 1.165) is 57.8 Å². The zero-order valence-corrected chi connectivity index (χ0v) is 47.1. The van der Waals surface area contributed by atoms with Gasteiger partial charge in [-0.3, -0.25) is 9.35 Å². The van der Waals surface area contributed by atoms with Crippen molar-refractivity contribution in [3.63, 3.8) is 0 Å². The first-order valence-corrected chi connectivity index (χ1v) is 31.6. The average molecular weight is 1040 g/mol. The van der Waals surface area contributed by atoms with Crippen molar-refractivity contribution >= 4 is 16.3 Å². The van der Waals surface area contributed by atoms with E-state index in [0.29, 0.717) is 12.8 Å². The summed E-state index contributed by atoms with van der Waals surface area (Å²) in [6.45, 7) is 3.45. The molecule has 0 aromatic carbocycles. The van der Waals surface area contributed by atoms with Gasteiger partial charge in [0.05, 0.1) is 25.4 Å². The Morgan fingerprint density at radius 1 is 0.556 bits per heavy atom. The maximum atomic E-state index is 13.1. The highest BCUT2D eigenvalue weighted by Gasteiger charge is 2.48. The number of allylic oxidation sites excluding steroid dienone is 4. The molecule has 0 bridgehead atoms. The minimum absolute atomic E-state index is 0.228. The molecule has 72 heavy (non-hydrogen) atoms. The molecular formula is C59H113NO11S. The van der Waals surface area contributed by atoms with Crippen LogP contribution in [0.15, 0.2) is 24.3 Å². The molecule has 1 fully saturated rings. The molecule has 12 nitrogen and oxygen atoms in total. The Balaban J connectivity index is 2.15. The molecular weight excluding hydrogens is 931 g/mol. The third kappa shape index (κ3) is 40.8. The molecule has 1 aliphatic rings. The van der Waals surface area contributed by atoms with E-state index in [4.69, 9.17) is 9.47 Å². The quantitative estimate of drug-likeness (QED) is 0.0193. The van der Waals surface area contributed by atoms with Crippen molar-refractivity contribution in [3.8, 4) is 0 Å². The topological polar surface area (TPSA) is 192 Å². The minimum atomic E-state index is -5.08. The number of unbranched alkanes of at least 4 members (excludes halogenated alkanes) is 37. The van der Waals surface area contributed by atoms with E-state index >= 15 is 0 Å². The van der Waals surface area contributed by atoms with E-state index in [1.807, 2.05) is 0 Å². The zero-order valence-electron chi connectivity index (χ0n) is 46.3. The summed E-state index contributed by atoms with van der Waals surface area (Å²) < 4.78 is 47.8. The number of amides is 1. The highest BCUT2D eigenvalue weighted by atomic mass is 32.3. The molecule has 0 aliphatic carbocycles. The lowest BCUT2D eigenvalue weighted by molar-refractivity contribution is -0.298. The van der Waals surface area contributed by atoms with E-state index in [9.17, 15) is 38.2 Å². The Morgan fingerprint density at radius 2 is 0.931 bits per heavy atom. The molecule has 1 rings (SSSR count). The second-order valence-electron chi connectivity index (χ2n) is 21.3. The molecule has 0 aromatic rings. The lowest BCUT2D eigenvalue weighted by Crippen LogP contribution is -2.61. The van der Waals surface area contributed by atoms with Gasteiger partial charge in [0, 0.05) is 6.42 Å². The summed E-state index contributed by atoms with van der Waals surface area (Å²) in [5, 5.41) is 44.9. The van der Waals surface area contributed by atoms with Gasteiger partial charge in [0.2, 0.25) is 5.91 Å². The summed E-state index contributed by atoms with van der Waals surface area (Å²) in [4.78, 5) is 13.1. The second-order valence-corrected chi connectivity index (χ2v) is 22.3. The molecule has 0 spiro atoms. The number of nitrogens with one attached hydrogen (secondary N) is 1. The van der Waals surface area contributed by atoms with Crippen LogP contribution < -0.4 is 5.32 Å². The van der Waals surface area contributed by atoms with E-state index < -0.39 is 59.9 Å². The Morgan fingerprint density at radius 3 is 1.32 bits per heavy atom. The molecule has 0 radical (unpaired) electrons. The van der Waals surface area contributed by atoms with Crippen molar-refractivity contribution < 1.29 is 51.8 Å². The number of carbonyl (C=O) groups excluding carboxylic acids is 1. The Kier molecular flexibility index (Phi) is 46.8. The fourth-order valence-electron chi connectivity index (χ4n) is 9.85. The number of rotatable bonds is 53. The molecule has 426 valence electrons. The molecule has 0 saturated carbocycles. The first kappa shape index (κ1) is 68.6. The number of hydrogen-bond acceptors (Lipinski definition) is 10. The molecule has 7 unspecified atom stereocenters. The van der Waals surface area contributed by atoms with Gasteiger partial charge in [-0.25, -0.2) is 4.18 Å². The number of aliphatic hydroxyl groups is 4. The van der Waals surface area contributed by atoms with Crippen LogP contribution >= 0.6 is 0 Å². The largest absolute Gasteiger partial charge is 0.397 e. The Labute approximate surface area is 442 Å². The van der Waals surface area contributed by atoms with E-state index in [2.05, 4.69) is 47.7 Å². The predicted molar refractivity (Wildman–Crippen MR) is 296 cm³/mol. The van der Waals surface area contributed by atoms with Crippen LogP contribution in [0.25, 0.3) is 0 Å². The van der Waals surface area contributed by atoms with Crippen molar-refractivity contribution in [3.05, 3.63) is 24.3 Å². The molecule has 1 amide bonds. The highest BCUT2D eigenvalue weighted by Crippen LogP contribution is 2.26. The van der Waals surface area contributed by atoms with Gasteiger partial charge >= 0.3 is 10.4 Å². The number of aliphatic hydroxyl groups excluding tert-OH is 4. The summed E-state index contributed by atoms with van der Waals surface area (Å²) in [7, 11) is -5.08. The maximum absolute atomic E-state index is 13.1. The average Bonchev–Trinajstić information content (AvgIpc) is 3.36. The molecule has 0 aromatic heterocycles. The first-order valence-electron chi connectivity index (χ1n) is 30.2. The third-order valence-electron chi connectivity index (χ3n) is 14.5. The van der Waals surface area contributed by atoms with E-state index in [-0.39, 0.29) is 12.5 Å². The summed E-state index contributed by atoms with van der Waals surface area (Å²) in [5.74, 6) is -0.228. The van der Waals surface area contributed by atoms with Crippen molar-refractivity contribution in [1.29, 1.82) is 0 Å². The van der Waals surface area contributed by atoms with Crippen LogP contribution in [0.1, 0.15) is 290 Å². The van der Waals surface area contributed by atoms with Gasteiger partial charge in [-0.05, 0) is 44.9 Å². The zero-order chi connectivity index (χ0) is 52.6. The standard InChI is InChI=1S/C59H113NO11S/c1-3-5-7-9-11-13-15-16-17-18-19-20-21-22-23-24-25-26-27-28-29-30-31-32-33-34-35-36-37-38-39-41-43-45-47-49-55(63)60-52(53(62)48-46-44-42-40-14-12-10-8-6-4-2)51-69-59-57(65)58(71-72(66,67)68)56(64)54(50-61)70-59/h21-22,24-25,52-54,56-59,61-62,64-65H,3-20,23,26-51H2,1-2H3,(H,60,63)(H,66,67,68)/b22-21-,25-24-. The lowest BCUT2D eigenvalue weighted by Gasteiger charge is -2.41. The smallest absolute Gasteiger partial charge is 0.394 e. The molecule has 1 aliphatic heterocycles. The first-order chi connectivity index (χ1) is 35.0. The molecule has 1 heterocycles. The van der Waals surface area contributed by atoms with Crippen molar-refractivity contribution in [2.75, 3.05) is 13.2 Å². The fraction of sp³-hybridized carbons (Fsp3) is 0.915. The third-order valence-corrected chi connectivity index (χ3v) is 15.0. The van der Waals surface area contributed by atoms with Crippen LogP contribution in [0.3, 0.4) is 0 Å². The van der Waals surface area contributed by atoms with Gasteiger partial charge in [-0.1, -0.05) is 263 Å². The minimum Gasteiger partial charge on any atom is -0.394 e. The fourth-order valence-corrected chi connectivity index (χ4v) is 10.4. The van der Waals surface area contributed by atoms with Gasteiger partial charge in [-0.2, -0.15) is 8.42 Å². The molecule has 7 atom stereocenters. The van der Waals surface area contributed by atoms with Crippen LogP contribution in [-0.4, -0.2) is 95.4 Å². The normalized spacial score (nSPS) is 19.5. The van der Waals surface area contributed by atoms with Crippen molar-refractivity contribution in [1.82, 2.24) is 5.32 Å². The summed E-state index contributed by atoms with van der Waals surface area (Å²) >= 11 is 0. The van der Waals surface area contributed by atoms with Crippen molar-refractivity contribution in [2.24, 2.45) is 0 Å². The van der Waals surface area contributed by atoms with E-state index in [1.165, 1.54) is 205 Å². The van der Waals surface area contributed by atoms with Gasteiger partial charge in [-0.15, -0.1) is 0 Å². The Hall–Kier alpha value is -1.42. The van der Waals surface area contributed by atoms with Crippen LogP contribution in [0.5, 0.6) is 0 Å². The van der Waals surface area contributed by atoms with Crippen molar-refractivity contribution in [2.45, 2.75) is 333 Å². The number of ether oxygens (including phenoxy) is 2. The Bertz CT molecular complexity index is 1370. The molecule has 13 heteroatoms. The van der Waals surface area contributed by atoms with Gasteiger partial charge in [0.25, 0.3) is 0 Å². The van der Waals surface area contributed by atoms with E-state index in [1.54, 1.807) is 0 Å². The van der Waals surface area contributed by atoms with Crippen LogP contribution in [0, 0.1) is 0 Å². The van der Waals surface area contributed by atoms with Crippen LogP contribution in [-0.2, 0) is 28.9 Å². The highest BCUT2D eigenvalue weighted by molar-refractivity contribution is 7.80. The second kappa shape index (κ2) is 49.2. The van der Waals surface area contributed by atoms with Crippen LogP contribution in [0.4, 0.5) is 0 Å². The van der Waals surface area contributed by atoms with Gasteiger partial charge in [0.1, 0.15) is 24.4 Å². The van der Waals surface area contributed by atoms with Gasteiger partial charge < -0.3 is 35.2 Å². The predicted octanol–water partition coefficient (Wildman–Crippen LogP) is 14.4. The molecule has 1 saturated heterocycles. The summed E-state index contributed by atoms with van der Waals surface area (Å²) in [6.07, 6.45) is 52.3. The van der Waals surface area contributed by atoms with Crippen LogP contribution in [0.2, 0.25) is 0 Å². The monoisotopic (exact) mass is 1040 g/mol. The number of carbonyl (C=O) groups is 1. The lowest BCUT2D eigenvalue weighted by atomic mass is 9.99. The summed E-state index contributed by atoms with van der Waals surface area (Å²) in [5.41, 5.74) is 0. The SMILES string of the molecule is CCCCCCCCCCCCC/C=C\C/C=C\CCCCCCCCCCCCCCCCCCCC(=O)NC(COC1OC(CO)C(O)C(OS(=O)(=O)O)C1O)C(O)CCCCCCCCCCCC. The van der Waals surface area contributed by atoms with Gasteiger partial charge in [0.15, 0.2) is 6.29 Å². The maximum Gasteiger partial charge on any atom is 0.397 e. The molecule has 6 N–H and O–H groups in total. The number of hydrogen-bond donors (Lipinski definition) is 6.